The lowest BCUT2D eigenvalue weighted by Gasteiger charge is -2.54. The quantitative estimate of drug-likeness (QED) is 0.864. The SMILES string of the molecule is Cn1ncc2ccn(CC3CC4(CNC4)C3)c(=O)c21. The van der Waals surface area contributed by atoms with Gasteiger partial charge in [-0.2, -0.15) is 5.10 Å². The van der Waals surface area contributed by atoms with Gasteiger partial charge in [0.25, 0.3) is 5.56 Å². The zero-order chi connectivity index (χ0) is 13.0. The maximum Gasteiger partial charge on any atom is 0.276 e. The summed E-state index contributed by atoms with van der Waals surface area (Å²) in [5.74, 6) is 0.658. The Labute approximate surface area is 111 Å². The van der Waals surface area contributed by atoms with Crippen molar-refractivity contribution in [2.24, 2.45) is 18.4 Å². The van der Waals surface area contributed by atoms with Crippen LogP contribution in [0.1, 0.15) is 12.8 Å². The van der Waals surface area contributed by atoms with Crippen molar-refractivity contribution in [2.75, 3.05) is 13.1 Å². The maximum absolute atomic E-state index is 12.4. The van der Waals surface area contributed by atoms with Gasteiger partial charge in [0, 0.05) is 38.3 Å². The van der Waals surface area contributed by atoms with E-state index in [-0.39, 0.29) is 5.56 Å². The van der Waals surface area contributed by atoms with E-state index in [9.17, 15) is 4.79 Å². The van der Waals surface area contributed by atoms with Gasteiger partial charge in [0.1, 0.15) is 5.52 Å². The van der Waals surface area contributed by atoms with E-state index >= 15 is 0 Å². The summed E-state index contributed by atoms with van der Waals surface area (Å²) in [7, 11) is 1.83. The normalized spacial score (nSPS) is 21.5. The summed E-state index contributed by atoms with van der Waals surface area (Å²) in [6, 6.07) is 1.99. The molecule has 5 heteroatoms. The first-order chi connectivity index (χ1) is 9.17. The maximum atomic E-state index is 12.4. The molecule has 1 aliphatic carbocycles. The van der Waals surface area contributed by atoms with Gasteiger partial charge in [-0.15, -0.1) is 0 Å². The number of pyridine rings is 1. The molecule has 19 heavy (non-hydrogen) atoms. The molecule has 0 aromatic carbocycles. The highest BCUT2D eigenvalue weighted by molar-refractivity contribution is 5.77. The van der Waals surface area contributed by atoms with E-state index in [0.29, 0.717) is 16.8 Å². The summed E-state index contributed by atoms with van der Waals surface area (Å²) in [4.78, 5) is 12.4. The molecule has 2 aliphatic rings. The monoisotopic (exact) mass is 258 g/mol. The molecule has 0 radical (unpaired) electrons. The van der Waals surface area contributed by atoms with Crippen LogP contribution in [0.15, 0.2) is 23.3 Å². The summed E-state index contributed by atoms with van der Waals surface area (Å²) in [6.07, 6.45) is 6.18. The fraction of sp³-hybridized carbons (Fsp3) is 0.571. The lowest BCUT2D eigenvalue weighted by molar-refractivity contribution is -0.00749. The van der Waals surface area contributed by atoms with E-state index in [1.165, 1.54) is 25.9 Å². The second-order valence-corrected chi connectivity index (χ2v) is 6.22. The number of aromatic nitrogens is 3. The molecule has 100 valence electrons. The Kier molecular flexibility index (Phi) is 2.18. The molecule has 1 spiro atoms. The van der Waals surface area contributed by atoms with Gasteiger partial charge in [-0.05, 0) is 30.2 Å². The Balaban J connectivity index is 1.60. The minimum absolute atomic E-state index is 0.0881. The highest BCUT2D eigenvalue weighted by atomic mass is 16.1. The predicted octanol–water partition coefficient (Wildman–Crippen LogP) is 0.735. The number of aryl methyl sites for hydroxylation is 1. The third-order valence-electron chi connectivity index (χ3n) is 4.76. The Morgan fingerprint density at radius 2 is 2.26 bits per heavy atom. The number of rotatable bonds is 2. The summed E-state index contributed by atoms with van der Waals surface area (Å²) in [5, 5.41) is 8.43. The van der Waals surface area contributed by atoms with Gasteiger partial charge in [0.2, 0.25) is 0 Å². The summed E-state index contributed by atoms with van der Waals surface area (Å²) >= 11 is 0. The van der Waals surface area contributed by atoms with Gasteiger partial charge >= 0.3 is 0 Å². The molecule has 0 amide bonds. The standard InChI is InChI=1S/C14H18N4O/c1-17-12-11(6-16-17)2-3-18(13(12)19)7-10-4-14(5-10)8-15-9-14/h2-3,6,10,15H,4-5,7-9H2,1H3. The molecule has 1 saturated carbocycles. The summed E-state index contributed by atoms with van der Waals surface area (Å²) < 4.78 is 3.53. The van der Waals surface area contributed by atoms with Crippen molar-refractivity contribution in [3.63, 3.8) is 0 Å². The first-order valence-electron chi connectivity index (χ1n) is 6.89. The lowest BCUT2D eigenvalue weighted by Crippen LogP contribution is -2.60. The fourth-order valence-electron chi connectivity index (χ4n) is 3.70. The minimum Gasteiger partial charge on any atom is -0.316 e. The highest BCUT2D eigenvalue weighted by Gasteiger charge is 2.48. The van der Waals surface area contributed by atoms with Crippen molar-refractivity contribution in [3.8, 4) is 0 Å². The van der Waals surface area contributed by atoms with Crippen LogP contribution in [-0.2, 0) is 13.6 Å². The van der Waals surface area contributed by atoms with Crippen molar-refractivity contribution < 1.29 is 0 Å². The molecular formula is C14H18N4O. The molecule has 2 fully saturated rings. The third kappa shape index (κ3) is 1.57. The molecule has 0 atom stereocenters. The van der Waals surface area contributed by atoms with Crippen LogP contribution in [-0.4, -0.2) is 27.4 Å². The molecule has 0 bridgehead atoms. The van der Waals surface area contributed by atoms with Gasteiger partial charge in [-0.1, -0.05) is 0 Å². The summed E-state index contributed by atoms with van der Waals surface area (Å²) in [5.41, 5.74) is 1.37. The number of hydrogen-bond acceptors (Lipinski definition) is 3. The zero-order valence-electron chi connectivity index (χ0n) is 11.1. The van der Waals surface area contributed by atoms with Gasteiger partial charge in [-0.25, -0.2) is 0 Å². The van der Waals surface area contributed by atoms with Gasteiger partial charge in [0.15, 0.2) is 0 Å². The van der Waals surface area contributed by atoms with Crippen LogP contribution in [0, 0.1) is 11.3 Å². The first kappa shape index (κ1) is 11.2. The smallest absolute Gasteiger partial charge is 0.276 e. The Hall–Kier alpha value is -1.62. The Morgan fingerprint density at radius 3 is 2.95 bits per heavy atom. The fourth-order valence-corrected chi connectivity index (χ4v) is 3.70. The van der Waals surface area contributed by atoms with Gasteiger partial charge < -0.3 is 9.88 Å². The number of nitrogens with one attached hydrogen (secondary N) is 1. The van der Waals surface area contributed by atoms with Crippen molar-refractivity contribution in [2.45, 2.75) is 19.4 Å². The van der Waals surface area contributed by atoms with E-state index in [1.54, 1.807) is 10.9 Å². The molecule has 0 unspecified atom stereocenters. The molecule has 5 nitrogen and oxygen atoms in total. The Bertz CT molecular complexity index is 687. The molecular weight excluding hydrogens is 240 g/mol. The zero-order valence-corrected chi connectivity index (χ0v) is 11.1. The number of fused-ring (bicyclic) bond motifs is 1. The van der Waals surface area contributed by atoms with E-state index < -0.39 is 0 Å². The predicted molar refractivity (Wildman–Crippen MR) is 73.0 cm³/mol. The third-order valence-corrected chi connectivity index (χ3v) is 4.76. The van der Waals surface area contributed by atoms with Crippen LogP contribution in [0.2, 0.25) is 0 Å². The first-order valence-corrected chi connectivity index (χ1v) is 6.89. The number of hydrogen-bond donors (Lipinski definition) is 1. The van der Waals surface area contributed by atoms with Crippen molar-refractivity contribution in [1.29, 1.82) is 0 Å². The minimum atomic E-state index is 0.0881. The molecule has 1 saturated heterocycles. The van der Waals surface area contributed by atoms with Gasteiger partial charge in [-0.3, -0.25) is 9.48 Å². The van der Waals surface area contributed by atoms with Crippen molar-refractivity contribution in [3.05, 3.63) is 28.8 Å². The largest absolute Gasteiger partial charge is 0.316 e. The van der Waals surface area contributed by atoms with E-state index in [0.717, 1.165) is 11.9 Å². The van der Waals surface area contributed by atoms with Crippen LogP contribution >= 0.6 is 0 Å². The van der Waals surface area contributed by atoms with Crippen LogP contribution in [0.5, 0.6) is 0 Å². The second-order valence-electron chi connectivity index (χ2n) is 6.22. The highest BCUT2D eigenvalue weighted by Crippen LogP contribution is 2.48. The molecule has 3 heterocycles. The Morgan fingerprint density at radius 1 is 1.47 bits per heavy atom. The van der Waals surface area contributed by atoms with Crippen LogP contribution in [0.3, 0.4) is 0 Å². The van der Waals surface area contributed by atoms with Crippen LogP contribution in [0.25, 0.3) is 10.9 Å². The molecule has 1 N–H and O–H groups in total. The average molecular weight is 258 g/mol. The average Bonchev–Trinajstić information content (AvgIpc) is 2.66. The lowest BCUT2D eigenvalue weighted by atomic mass is 9.58. The molecule has 2 aromatic rings. The molecule has 1 aliphatic heterocycles. The topological polar surface area (TPSA) is 51.9 Å². The molecule has 2 aromatic heterocycles. The summed E-state index contributed by atoms with van der Waals surface area (Å²) in [6.45, 7) is 3.18. The van der Waals surface area contributed by atoms with E-state index in [2.05, 4.69) is 10.4 Å². The molecule has 4 rings (SSSR count). The van der Waals surface area contributed by atoms with Gasteiger partial charge in [0.05, 0.1) is 6.20 Å². The van der Waals surface area contributed by atoms with E-state index in [1.807, 2.05) is 23.9 Å². The second kappa shape index (κ2) is 3.70. The van der Waals surface area contributed by atoms with E-state index in [4.69, 9.17) is 0 Å². The number of nitrogens with zero attached hydrogens (tertiary/aromatic N) is 3. The van der Waals surface area contributed by atoms with Crippen molar-refractivity contribution in [1.82, 2.24) is 19.7 Å². The van der Waals surface area contributed by atoms with Crippen LogP contribution in [0.4, 0.5) is 0 Å². The van der Waals surface area contributed by atoms with Crippen LogP contribution < -0.4 is 10.9 Å². The van der Waals surface area contributed by atoms with Crippen molar-refractivity contribution >= 4 is 10.9 Å².